The minimum atomic E-state index is -0.515. The van der Waals surface area contributed by atoms with Crippen LogP contribution < -0.4 is 0 Å². The Bertz CT molecular complexity index is 674. The van der Waals surface area contributed by atoms with Crippen molar-refractivity contribution in [2.45, 2.75) is 6.92 Å². The molecule has 8 nitrogen and oxygen atoms in total. The maximum absolute atomic E-state index is 10.7. The van der Waals surface area contributed by atoms with Crippen molar-refractivity contribution in [2.75, 3.05) is 0 Å². The highest BCUT2D eigenvalue weighted by molar-refractivity contribution is 9.10. The summed E-state index contributed by atoms with van der Waals surface area (Å²) in [6, 6.07) is 1.79. The molecule has 0 N–H and O–H groups in total. The molecule has 0 bridgehead atoms. The molecule has 0 saturated carbocycles. The molecule has 9 heteroatoms. The molecule has 0 unspecified atom stereocenters. The number of nitro groups is 1. The van der Waals surface area contributed by atoms with E-state index in [2.05, 4.69) is 31.0 Å². The van der Waals surface area contributed by atoms with Gasteiger partial charge in [0.1, 0.15) is 18.6 Å². The summed E-state index contributed by atoms with van der Waals surface area (Å²) in [5, 5.41) is 23.2. The third-order valence-corrected chi connectivity index (χ3v) is 3.17. The lowest BCUT2D eigenvalue weighted by molar-refractivity contribution is -0.385. The SMILES string of the molecule is Cc1c([N+](=O)[O-])cnc(-n2cnc(C#N)n2)c1Br. The minimum absolute atomic E-state index is 0.000272. The molecule has 0 radical (unpaired) electrons. The predicted molar refractivity (Wildman–Crippen MR) is 63.0 cm³/mol. The van der Waals surface area contributed by atoms with Gasteiger partial charge in [-0.15, -0.1) is 5.10 Å². The Morgan fingerprint density at radius 1 is 1.56 bits per heavy atom. The highest BCUT2D eigenvalue weighted by atomic mass is 79.9. The van der Waals surface area contributed by atoms with E-state index < -0.39 is 4.92 Å². The summed E-state index contributed by atoms with van der Waals surface area (Å²) in [7, 11) is 0. The number of halogens is 1. The third kappa shape index (κ3) is 1.93. The van der Waals surface area contributed by atoms with Gasteiger partial charge in [-0.2, -0.15) is 5.26 Å². The molecule has 2 aromatic heterocycles. The third-order valence-electron chi connectivity index (χ3n) is 2.22. The minimum Gasteiger partial charge on any atom is -0.258 e. The number of nitriles is 1. The largest absolute Gasteiger partial charge is 0.291 e. The fraction of sp³-hybridized carbons (Fsp3) is 0.111. The maximum atomic E-state index is 10.7. The van der Waals surface area contributed by atoms with E-state index in [1.165, 1.54) is 11.0 Å². The Kier molecular flexibility index (Phi) is 3.03. The van der Waals surface area contributed by atoms with Crippen LogP contribution in [-0.2, 0) is 0 Å². The smallest absolute Gasteiger partial charge is 0.258 e. The zero-order chi connectivity index (χ0) is 13.3. The molecule has 0 aliphatic carbocycles. The van der Waals surface area contributed by atoms with Crippen LogP contribution in [0.15, 0.2) is 17.0 Å². The van der Waals surface area contributed by atoms with Crippen LogP contribution in [0.4, 0.5) is 5.69 Å². The van der Waals surface area contributed by atoms with Gasteiger partial charge in [-0.05, 0) is 22.9 Å². The first-order valence-electron chi connectivity index (χ1n) is 4.66. The van der Waals surface area contributed by atoms with Gasteiger partial charge in [0.2, 0.25) is 0 Å². The summed E-state index contributed by atoms with van der Waals surface area (Å²) in [6.45, 7) is 1.59. The second-order valence-electron chi connectivity index (χ2n) is 3.29. The molecule has 0 aliphatic rings. The Morgan fingerprint density at radius 3 is 2.83 bits per heavy atom. The highest BCUT2D eigenvalue weighted by Gasteiger charge is 2.18. The lowest BCUT2D eigenvalue weighted by atomic mass is 10.2. The summed E-state index contributed by atoms with van der Waals surface area (Å²) in [5.41, 5.74) is 0.338. The molecule has 2 rings (SSSR count). The molecule has 0 atom stereocenters. The fourth-order valence-corrected chi connectivity index (χ4v) is 1.80. The predicted octanol–water partition coefficient (Wildman–Crippen LogP) is 1.51. The van der Waals surface area contributed by atoms with Crippen molar-refractivity contribution < 1.29 is 4.92 Å². The quantitative estimate of drug-likeness (QED) is 0.614. The summed E-state index contributed by atoms with van der Waals surface area (Å²) in [4.78, 5) is 17.9. The van der Waals surface area contributed by atoms with Crippen LogP contribution in [0.25, 0.3) is 5.82 Å². The average molecular weight is 309 g/mol. The topological polar surface area (TPSA) is 111 Å². The van der Waals surface area contributed by atoms with Crippen molar-refractivity contribution in [3.05, 3.63) is 38.5 Å². The fourth-order valence-electron chi connectivity index (χ4n) is 1.32. The van der Waals surface area contributed by atoms with Crippen LogP contribution in [0.1, 0.15) is 11.4 Å². The van der Waals surface area contributed by atoms with Crippen molar-refractivity contribution in [2.24, 2.45) is 0 Å². The van der Waals surface area contributed by atoms with Gasteiger partial charge < -0.3 is 0 Å². The maximum Gasteiger partial charge on any atom is 0.291 e. The molecule has 0 amide bonds. The van der Waals surface area contributed by atoms with E-state index in [9.17, 15) is 10.1 Å². The van der Waals surface area contributed by atoms with Crippen LogP contribution in [0, 0.1) is 28.4 Å². The first kappa shape index (κ1) is 12.1. The number of aromatic nitrogens is 4. The molecule has 0 spiro atoms. The molecule has 0 saturated heterocycles. The van der Waals surface area contributed by atoms with E-state index in [-0.39, 0.29) is 11.5 Å². The molecule has 0 aromatic carbocycles. The van der Waals surface area contributed by atoms with Crippen LogP contribution in [0.2, 0.25) is 0 Å². The number of rotatable bonds is 2. The van der Waals surface area contributed by atoms with Crippen molar-refractivity contribution in [3.63, 3.8) is 0 Å². The van der Waals surface area contributed by atoms with Gasteiger partial charge in [-0.25, -0.2) is 14.6 Å². The summed E-state index contributed by atoms with van der Waals surface area (Å²) >= 11 is 3.23. The van der Waals surface area contributed by atoms with E-state index in [0.29, 0.717) is 15.9 Å². The van der Waals surface area contributed by atoms with Crippen LogP contribution in [0.3, 0.4) is 0 Å². The van der Waals surface area contributed by atoms with Gasteiger partial charge >= 0.3 is 0 Å². The van der Waals surface area contributed by atoms with Gasteiger partial charge in [-0.1, -0.05) is 0 Å². The molecule has 2 aromatic rings. The lowest BCUT2D eigenvalue weighted by Crippen LogP contribution is -2.03. The molecule has 90 valence electrons. The summed E-state index contributed by atoms with van der Waals surface area (Å²) in [5.74, 6) is 0.340. The lowest BCUT2D eigenvalue weighted by Gasteiger charge is -2.05. The number of pyridine rings is 1. The second kappa shape index (κ2) is 4.50. The summed E-state index contributed by atoms with van der Waals surface area (Å²) < 4.78 is 1.71. The Labute approximate surface area is 109 Å². The average Bonchev–Trinajstić information content (AvgIpc) is 2.80. The van der Waals surface area contributed by atoms with Crippen LogP contribution in [-0.4, -0.2) is 24.7 Å². The molecule has 0 aliphatic heterocycles. The zero-order valence-electron chi connectivity index (χ0n) is 9.03. The normalized spacial score (nSPS) is 10.1. The Balaban J connectivity index is 2.57. The van der Waals surface area contributed by atoms with Gasteiger partial charge in [-0.3, -0.25) is 10.1 Å². The molecule has 18 heavy (non-hydrogen) atoms. The molecule has 0 fully saturated rings. The molecule has 2 heterocycles. The standard InChI is InChI=1S/C9H5BrN6O2/c1-5-6(16(17)18)3-12-9(8(5)10)15-4-13-7(2-11)14-15/h3-4H,1H3. The first-order valence-corrected chi connectivity index (χ1v) is 5.45. The monoisotopic (exact) mass is 308 g/mol. The van der Waals surface area contributed by atoms with Gasteiger partial charge in [0.25, 0.3) is 11.5 Å². The van der Waals surface area contributed by atoms with Crippen molar-refractivity contribution in [3.8, 4) is 11.9 Å². The van der Waals surface area contributed by atoms with E-state index in [1.54, 1.807) is 13.0 Å². The van der Waals surface area contributed by atoms with Crippen molar-refractivity contribution in [1.29, 1.82) is 5.26 Å². The van der Waals surface area contributed by atoms with E-state index >= 15 is 0 Å². The van der Waals surface area contributed by atoms with Gasteiger partial charge in [0.15, 0.2) is 5.82 Å². The number of hydrogen-bond donors (Lipinski definition) is 0. The van der Waals surface area contributed by atoms with Crippen LogP contribution in [0.5, 0.6) is 0 Å². The molecular formula is C9H5BrN6O2. The van der Waals surface area contributed by atoms with Gasteiger partial charge in [0.05, 0.1) is 9.40 Å². The van der Waals surface area contributed by atoms with E-state index in [1.807, 2.05) is 0 Å². The van der Waals surface area contributed by atoms with Crippen molar-refractivity contribution in [1.82, 2.24) is 19.7 Å². The van der Waals surface area contributed by atoms with Crippen LogP contribution >= 0.6 is 15.9 Å². The Morgan fingerprint density at radius 2 is 2.28 bits per heavy atom. The van der Waals surface area contributed by atoms with E-state index in [4.69, 9.17) is 5.26 Å². The zero-order valence-corrected chi connectivity index (χ0v) is 10.6. The van der Waals surface area contributed by atoms with Crippen molar-refractivity contribution >= 4 is 21.6 Å². The molecular weight excluding hydrogens is 304 g/mol. The number of nitrogens with zero attached hydrogens (tertiary/aromatic N) is 6. The second-order valence-corrected chi connectivity index (χ2v) is 4.08. The Hall–Kier alpha value is -2.34. The van der Waals surface area contributed by atoms with Gasteiger partial charge in [0, 0.05) is 5.56 Å². The first-order chi connectivity index (χ1) is 8.54. The highest BCUT2D eigenvalue weighted by Crippen LogP contribution is 2.29. The number of hydrogen-bond acceptors (Lipinski definition) is 6. The summed E-state index contributed by atoms with van der Waals surface area (Å²) in [6.07, 6.45) is 2.46. The van der Waals surface area contributed by atoms with E-state index in [0.717, 1.165) is 6.20 Å².